The van der Waals surface area contributed by atoms with Gasteiger partial charge in [0.1, 0.15) is 5.76 Å². The van der Waals surface area contributed by atoms with Gasteiger partial charge in [-0.1, -0.05) is 27.7 Å². The van der Waals surface area contributed by atoms with Crippen molar-refractivity contribution in [3.63, 3.8) is 0 Å². The number of piperazine rings is 1. The number of aromatic hydroxyl groups is 1. The van der Waals surface area contributed by atoms with Gasteiger partial charge in [0, 0.05) is 31.6 Å². The third-order valence-electron chi connectivity index (χ3n) is 6.16. The summed E-state index contributed by atoms with van der Waals surface area (Å²) in [5.74, 6) is 1.11. The Bertz CT molecular complexity index is 1290. The molecule has 0 aromatic carbocycles. The number of hydrogen-bond donors (Lipinski definition) is 3. The second kappa shape index (κ2) is 10.6. The van der Waals surface area contributed by atoms with Crippen LogP contribution in [0.2, 0.25) is 0 Å². The molecular weight excluding hydrogens is 524 g/mol. The second-order valence-electron chi connectivity index (χ2n) is 9.53. The van der Waals surface area contributed by atoms with E-state index >= 15 is 0 Å². The van der Waals surface area contributed by atoms with Crippen LogP contribution in [-0.4, -0.2) is 71.8 Å². The van der Waals surface area contributed by atoms with Crippen LogP contribution in [0.15, 0.2) is 35.1 Å². The molecule has 0 radical (unpaired) electrons. The monoisotopic (exact) mass is 556 g/mol. The third kappa shape index (κ3) is 5.52. The largest absolute Gasteiger partial charge is 0.504 e. The number of furan rings is 1. The molecule has 2 aromatic heterocycles. The Kier molecular flexibility index (Phi) is 7.90. The lowest BCUT2D eigenvalue weighted by molar-refractivity contribution is 0.222. The minimum Gasteiger partial charge on any atom is -0.504 e. The van der Waals surface area contributed by atoms with Gasteiger partial charge in [0.05, 0.1) is 18.0 Å². The highest BCUT2D eigenvalue weighted by molar-refractivity contribution is 7.91. The van der Waals surface area contributed by atoms with Gasteiger partial charge in [-0.2, -0.15) is 4.31 Å². The van der Waals surface area contributed by atoms with Gasteiger partial charge in [-0.3, -0.25) is 0 Å². The number of anilines is 1. The van der Waals surface area contributed by atoms with Crippen molar-refractivity contribution in [2.45, 2.75) is 43.9 Å². The molecule has 14 heteroatoms. The Morgan fingerprint density at radius 1 is 1.14 bits per heavy atom. The molecule has 36 heavy (non-hydrogen) atoms. The molecule has 0 saturated carbocycles. The van der Waals surface area contributed by atoms with Crippen molar-refractivity contribution in [1.82, 2.24) is 14.5 Å². The number of nitrogens with one attached hydrogen (secondary N) is 2. The Labute approximate surface area is 218 Å². The SMILES string of the molecule is CC(C)c1coc([C@H](NC2=NS(=O)N=C2Nc2csc(S(=O)(=O)N3CCN(C)CC3)c2O)C(C)C)c1. The summed E-state index contributed by atoms with van der Waals surface area (Å²) < 4.78 is 53.6. The smallest absolute Gasteiger partial charge is 0.269 e. The van der Waals surface area contributed by atoms with Crippen molar-refractivity contribution in [3.05, 3.63) is 29.0 Å². The molecule has 2 aliphatic heterocycles. The zero-order valence-corrected chi connectivity index (χ0v) is 23.3. The van der Waals surface area contributed by atoms with Crippen molar-refractivity contribution in [3.8, 4) is 5.75 Å². The average molecular weight is 557 g/mol. The van der Waals surface area contributed by atoms with Crippen LogP contribution in [0.3, 0.4) is 0 Å². The van der Waals surface area contributed by atoms with Gasteiger partial charge >= 0.3 is 0 Å². The predicted octanol–water partition coefficient (Wildman–Crippen LogP) is 2.89. The molecule has 0 aliphatic carbocycles. The lowest BCUT2D eigenvalue weighted by Crippen LogP contribution is -2.46. The van der Waals surface area contributed by atoms with E-state index < -0.39 is 26.9 Å². The molecule has 3 N–H and O–H groups in total. The Morgan fingerprint density at radius 2 is 1.81 bits per heavy atom. The zero-order valence-electron chi connectivity index (χ0n) is 20.9. The summed E-state index contributed by atoms with van der Waals surface area (Å²) in [5, 5.41) is 18.5. The van der Waals surface area contributed by atoms with Crippen LogP contribution in [0.1, 0.15) is 51.0 Å². The number of hydrogen-bond acceptors (Lipinski definition) is 9. The zero-order chi connectivity index (χ0) is 26.2. The minimum absolute atomic E-state index is 0.101. The van der Waals surface area contributed by atoms with Crippen molar-refractivity contribution in [2.75, 3.05) is 38.5 Å². The van der Waals surface area contributed by atoms with Crippen molar-refractivity contribution in [1.29, 1.82) is 0 Å². The van der Waals surface area contributed by atoms with E-state index in [9.17, 15) is 17.7 Å². The number of sulfonamides is 1. The number of likely N-dealkylation sites (N-methyl/N-ethyl adjacent to an activating group) is 1. The first-order chi connectivity index (χ1) is 17.0. The lowest BCUT2D eigenvalue weighted by Gasteiger charge is -2.31. The molecule has 198 valence electrons. The van der Waals surface area contributed by atoms with E-state index in [0.717, 1.165) is 16.9 Å². The summed E-state index contributed by atoms with van der Waals surface area (Å²) in [4.78, 5) is 2.05. The van der Waals surface area contributed by atoms with Crippen LogP contribution >= 0.6 is 11.3 Å². The summed E-state index contributed by atoms with van der Waals surface area (Å²) in [6.45, 7) is 10.2. The van der Waals surface area contributed by atoms with Gasteiger partial charge in [0.2, 0.25) is 0 Å². The normalized spacial score (nSPS) is 20.6. The molecule has 2 aliphatic rings. The van der Waals surface area contributed by atoms with E-state index in [1.54, 1.807) is 6.26 Å². The number of amidine groups is 2. The summed E-state index contributed by atoms with van der Waals surface area (Å²) in [7, 11) is -1.91. The number of rotatable bonds is 7. The fraction of sp³-hybridized carbons (Fsp3) is 0.545. The van der Waals surface area contributed by atoms with E-state index in [-0.39, 0.29) is 33.5 Å². The fourth-order valence-corrected chi connectivity index (χ4v) is 7.29. The van der Waals surface area contributed by atoms with Gasteiger partial charge < -0.3 is 25.1 Å². The first-order valence-corrected chi connectivity index (χ1v) is 15.1. The van der Waals surface area contributed by atoms with Gasteiger partial charge in [-0.05, 0) is 30.5 Å². The van der Waals surface area contributed by atoms with E-state index in [0.29, 0.717) is 37.9 Å². The highest BCUT2D eigenvalue weighted by Gasteiger charge is 2.33. The first-order valence-electron chi connectivity index (χ1n) is 11.7. The Hall–Kier alpha value is -2.26. The molecule has 1 unspecified atom stereocenters. The Morgan fingerprint density at radius 3 is 2.42 bits per heavy atom. The van der Waals surface area contributed by atoms with Crippen LogP contribution in [0.4, 0.5) is 5.69 Å². The topological polar surface area (TPSA) is 140 Å². The van der Waals surface area contributed by atoms with Gasteiger partial charge in [0.25, 0.3) is 21.2 Å². The van der Waals surface area contributed by atoms with E-state index in [1.165, 1.54) is 9.69 Å². The van der Waals surface area contributed by atoms with Crippen LogP contribution in [0.25, 0.3) is 0 Å². The summed E-state index contributed by atoms with van der Waals surface area (Å²) in [6, 6.07) is 1.71. The molecule has 2 atom stereocenters. The molecule has 11 nitrogen and oxygen atoms in total. The minimum atomic E-state index is -3.85. The van der Waals surface area contributed by atoms with E-state index in [1.807, 2.05) is 27.0 Å². The molecular formula is C22H32N6O5S3. The average Bonchev–Trinajstić information content (AvgIpc) is 3.52. The van der Waals surface area contributed by atoms with Crippen molar-refractivity contribution in [2.24, 2.45) is 14.7 Å². The highest BCUT2D eigenvalue weighted by Crippen LogP contribution is 2.39. The molecule has 1 saturated heterocycles. The second-order valence-corrected chi connectivity index (χ2v) is 13.4. The lowest BCUT2D eigenvalue weighted by atomic mass is 9.99. The summed E-state index contributed by atoms with van der Waals surface area (Å²) in [6.07, 6.45) is 1.73. The van der Waals surface area contributed by atoms with Crippen LogP contribution in [0, 0.1) is 5.92 Å². The van der Waals surface area contributed by atoms with Gasteiger partial charge in [-0.15, -0.1) is 20.1 Å². The van der Waals surface area contributed by atoms with Crippen molar-refractivity contribution < 1.29 is 22.2 Å². The molecule has 4 heterocycles. The van der Waals surface area contributed by atoms with Crippen LogP contribution in [-0.2, 0) is 21.2 Å². The number of thiophene rings is 1. The molecule has 1 fully saturated rings. The summed E-state index contributed by atoms with van der Waals surface area (Å²) >= 11 is -0.936. The third-order valence-corrected chi connectivity index (χ3v) is 10.2. The van der Waals surface area contributed by atoms with E-state index in [4.69, 9.17) is 4.42 Å². The Balaban J connectivity index is 1.53. The maximum atomic E-state index is 13.1. The molecule has 0 spiro atoms. The molecule has 4 rings (SSSR count). The molecule has 2 aromatic rings. The van der Waals surface area contributed by atoms with Crippen LogP contribution in [0.5, 0.6) is 5.75 Å². The van der Waals surface area contributed by atoms with Crippen LogP contribution < -0.4 is 10.6 Å². The number of nitrogens with zero attached hydrogens (tertiary/aromatic N) is 4. The fourth-order valence-electron chi connectivity index (χ4n) is 3.87. The van der Waals surface area contributed by atoms with Gasteiger partial charge in [0.15, 0.2) is 21.6 Å². The van der Waals surface area contributed by atoms with Gasteiger partial charge in [-0.25, -0.2) is 12.6 Å². The van der Waals surface area contributed by atoms with E-state index in [2.05, 4.69) is 38.2 Å². The highest BCUT2D eigenvalue weighted by atomic mass is 32.2. The standard InChI is InChI=1S/C22H32N6O5S3/c1-13(2)15-10-17(33-11-15)18(14(3)4)24-21-20(25-35(30)26-21)23-16-12-34-22(19(16)29)36(31,32)28-8-6-27(5)7-9-28/h10-14,18,29H,6-9H2,1-5H3,(H,23,25)(H,24,26)/t18-,35?/m1/s1. The maximum Gasteiger partial charge on any atom is 0.269 e. The van der Waals surface area contributed by atoms with Crippen molar-refractivity contribution >= 4 is 49.9 Å². The maximum absolute atomic E-state index is 13.1. The predicted molar refractivity (Wildman–Crippen MR) is 142 cm³/mol. The first kappa shape index (κ1) is 26.8. The quantitative estimate of drug-likeness (QED) is 0.473. The molecule has 0 amide bonds. The summed E-state index contributed by atoms with van der Waals surface area (Å²) in [5.41, 5.74) is 1.22. The molecule has 0 bridgehead atoms.